The molecule has 1 aliphatic rings. The summed E-state index contributed by atoms with van der Waals surface area (Å²) in [5.41, 5.74) is 7.67. The number of nitrogens with zero attached hydrogens (tertiary/aromatic N) is 2. The SMILES string of the molecule is COC1CCN(c2ccc(CN)nc2)C(C)C1. The van der Waals surface area contributed by atoms with Gasteiger partial charge in [-0.05, 0) is 31.9 Å². The Morgan fingerprint density at radius 2 is 2.35 bits per heavy atom. The molecular weight excluding hydrogens is 214 g/mol. The first kappa shape index (κ1) is 12.3. The van der Waals surface area contributed by atoms with Crippen LogP contribution in [0.1, 0.15) is 25.5 Å². The zero-order chi connectivity index (χ0) is 12.3. The van der Waals surface area contributed by atoms with Crippen molar-refractivity contribution < 1.29 is 4.74 Å². The minimum atomic E-state index is 0.400. The van der Waals surface area contributed by atoms with Crippen molar-refractivity contribution in [1.29, 1.82) is 0 Å². The summed E-state index contributed by atoms with van der Waals surface area (Å²) in [6, 6.07) is 4.61. The molecule has 1 aliphatic heterocycles. The van der Waals surface area contributed by atoms with E-state index in [9.17, 15) is 0 Å². The van der Waals surface area contributed by atoms with E-state index in [1.807, 2.05) is 12.3 Å². The average molecular weight is 235 g/mol. The van der Waals surface area contributed by atoms with Gasteiger partial charge in [0.1, 0.15) is 0 Å². The molecule has 0 spiro atoms. The smallest absolute Gasteiger partial charge is 0.0607 e. The maximum Gasteiger partial charge on any atom is 0.0607 e. The number of hydrogen-bond donors (Lipinski definition) is 1. The van der Waals surface area contributed by atoms with Gasteiger partial charge in [-0.15, -0.1) is 0 Å². The minimum absolute atomic E-state index is 0.400. The molecule has 94 valence electrons. The van der Waals surface area contributed by atoms with Gasteiger partial charge in [0.25, 0.3) is 0 Å². The third-order valence-corrected chi connectivity index (χ3v) is 3.51. The maximum atomic E-state index is 5.55. The highest BCUT2D eigenvalue weighted by atomic mass is 16.5. The maximum absolute atomic E-state index is 5.55. The van der Waals surface area contributed by atoms with E-state index in [1.165, 1.54) is 5.69 Å². The van der Waals surface area contributed by atoms with Crippen molar-refractivity contribution in [2.45, 2.75) is 38.5 Å². The fourth-order valence-electron chi connectivity index (χ4n) is 2.43. The standard InChI is InChI=1S/C13H21N3O/c1-10-7-13(17-2)5-6-16(10)12-4-3-11(8-14)15-9-12/h3-4,9-10,13H,5-8,14H2,1-2H3. The van der Waals surface area contributed by atoms with Gasteiger partial charge in [-0.2, -0.15) is 0 Å². The molecule has 4 nitrogen and oxygen atoms in total. The zero-order valence-corrected chi connectivity index (χ0v) is 10.6. The van der Waals surface area contributed by atoms with E-state index in [2.05, 4.69) is 22.9 Å². The van der Waals surface area contributed by atoms with Crippen molar-refractivity contribution in [2.24, 2.45) is 5.73 Å². The average Bonchev–Trinajstić information content (AvgIpc) is 2.39. The van der Waals surface area contributed by atoms with E-state index in [-0.39, 0.29) is 0 Å². The Balaban J connectivity index is 2.06. The Morgan fingerprint density at radius 3 is 2.88 bits per heavy atom. The zero-order valence-electron chi connectivity index (χ0n) is 10.6. The molecule has 2 rings (SSSR count). The van der Waals surface area contributed by atoms with Gasteiger partial charge in [-0.1, -0.05) is 0 Å². The van der Waals surface area contributed by atoms with Gasteiger partial charge in [0.15, 0.2) is 0 Å². The van der Waals surface area contributed by atoms with E-state index >= 15 is 0 Å². The Morgan fingerprint density at radius 1 is 1.53 bits per heavy atom. The van der Waals surface area contributed by atoms with Crippen LogP contribution in [-0.4, -0.2) is 30.8 Å². The van der Waals surface area contributed by atoms with E-state index < -0.39 is 0 Å². The van der Waals surface area contributed by atoms with Gasteiger partial charge in [0.2, 0.25) is 0 Å². The third-order valence-electron chi connectivity index (χ3n) is 3.51. The first-order chi connectivity index (χ1) is 8.24. The molecule has 1 saturated heterocycles. The summed E-state index contributed by atoms with van der Waals surface area (Å²) in [5, 5.41) is 0. The summed E-state index contributed by atoms with van der Waals surface area (Å²) in [7, 11) is 1.80. The number of hydrogen-bond acceptors (Lipinski definition) is 4. The largest absolute Gasteiger partial charge is 0.381 e. The number of ether oxygens (including phenoxy) is 1. The van der Waals surface area contributed by atoms with Crippen LogP contribution >= 0.6 is 0 Å². The predicted octanol–water partition coefficient (Wildman–Crippen LogP) is 1.54. The molecule has 1 aromatic rings. The first-order valence-corrected chi connectivity index (χ1v) is 6.19. The van der Waals surface area contributed by atoms with Gasteiger partial charge in [-0.25, -0.2) is 0 Å². The third kappa shape index (κ3) is 2.76. The fourth-order valence-corrected chi connectivity index (χ4v) is 2.43. The fraction of sp³-hybridized carbons (Fsp3) is 0.615. The van der Waals surface area contributed by atoms with Crippen molar-refractivity contribution in [1.82, 2.24) is 4.98 Å². The molecule has 0 amide bonds. The lowest BCUT2D eigenvalue weighted by Crippen LogP contribution is -2.43. The molecular formula is C13H21N3O. The number of anilines is 1. The molecule has 2 unspecified atom stereocenters. The van der Waals surface area contributed by atoms with E-state index in [1.54, 1.807) is 7.11 Å². The monoisotopic (exact) mass is 235 g/mol. The first-order valence-electron chi connectivity index (χ1n) is 6.19. The van der Waals surface area contributed by atoms with Crippen molar-refractivity contribution in [3.8, 4) is 0 Å². The van der Waals surface area contributed by atoms with Crippen molar-refractivity contribution in [3.05, 3.63) is 24.0 Å². The highest BCUT2D eigenvalue weighted by Gasteiger charge is 2.25. The number of piperidine rings is 1. The van der Waals surface area contributed by atoms with Crippen LogP contribution in [0.25, 0.3) is 0 Å². The minimum Gasteiger partial charge on any atom is -0.381 e. The molecule has 0 aliphatic carbocycles. The molecule has 0 aromatic carbocycles. The van der Waals surface area contributed by atoms with Crippen LogP contribution in [0.4, 0.5) is 5.69 Å². The highest BCUT2D eigenvalue weighted by molar-refractivity contribution is 5.46. The Bertz CT molecular complexity index is 352. The second-order valence-electron chi connectivity index (χ2n) is 4.64. The van der Waals surface area contributed by atoms with Gasteiger partial charge in [0.05, 0.1) is 23.7 Å². The highest BCUT2D eigenvalue weighted by Crippen LogP contribution is 2.25. The van der Waals surface area contributed by atoms with Crippen LogP contribution in [-0.2, 0) is 11.3 Å². The quantitative estimate of drug-likeness (QED) is 0.863. The van der Waals surface area contributed by atoms with Crippen LogP contribution in [0.3, 0.4) is 0 Å². The van der Waals surface area contributed by atoms with E-state index in [0.717, 1.165) is 25.1 Å². The normalized spacial score (nSPS) is 25.0. The Hall–Kier alpha value is -1.13. The van der Waals surface area contributed by atoms with Crippen LogP contribution in [0.5, 0.6) is 0 Å². The van der Waals surface area contributed by atoms with Crippen LogP contribution in [0.15, 0.2) is 18.3 Å². The topological polar surface area (TPSA) is 51.4 Å². The molecule has 0 saturated carbocycles. The summed E-state index contributed by atoms with van der Waals surface area (Å²) in [4.78, 5) is 6.74. The summed E-state index contributed by atoms with van der Waals surface area (Å²) in [6.45, 7) is 3.77. The summed E-state index contributed by atoms with van der Waals surface area (Å²) in [5.74, 6) is 0. The van der Waals surface area contributed by atoms with E-state index in [4.69, 9.17) is 10.5 Å². The molecule has 1 aromatic heterocycles. The summed E-state index contributed by atoms with van der Waals surface area (Å²) < 4.78 is 5.42. The molecule has 0 radical (unpaired) electrons. The molecule has 17 heavy (non-hydrogen) atoms. The lowest BCUT2D eigenvalue weighted by atomic mass is 10.00. The number of rotatable bonds is 3. The number of aromatic nitrogens is 1. The molecule has 2 atom stereocenters. The van der Waals surface area contributed by atoms with Crippen molar-refractivity contribution in [3.63, 3.8) is 0 Å². The van der Waals surface area contributed by atoms with Gasteiger partial charge in [-0.3, -0.25) is 4.98 Å². The Kier molecular flexibility index (Phi) is 3.97. The number of nitrogens with two attached hydrogens (primary N) is 1. The molecule has 4 heteroatoms. The molecule has 2 heterocycles. The van der Waals surface area contributed by atoms with Crippen LogP contribution < -0.4 is 10.6 Å². The van der Waals surface area contributed by atoms with Crippen LogP contribution in [0.2, 0.25) is 0 Å². The molecule has 1 fully saturated rings. The molecule has 0 bridgehead atoms. The second kappa shape index (κ2) is 5.47. The second-order valence-corrected chi connectivity index (χ2v) is 4.64. The van der Waals surface area contributed by atoms with Gasteiger partial charge in [0, 0.05) is 26.2 Å². The van der Waals surface area contributed by atoms with Crippen molar-refractivity contribution in [2.75, 3.05) is 18.6 Å². The summed E-state index contributed by atoms with van der Waals surface area (Å²) in [6.07, 6.45) is 4.48. The predicted molar refractivity (Wildman–Crippen MR) is 69.0 cm³/mol. The number of methoxy groups -OCH3 is 1. The lowest BCUT2D eigenvalue weighted by Gasteiger charge is -2.38. The van der Waals surface area contributed by atoms with E-state index in [0.29, 0.717) is 18.7 Å². The number of pyridine rings is 1. The molecule has 2 N–H and O–H groups in total. The van der Waals surface area contributed by atoms with Gasteiger partial charge < -0.3 is 15.4 Å². The lowest BCUT2D eigenvalue weighted by molar-refractivity contribution is 0.0721. The van der Waals surface area contributed by atoms with Gasteiger partial charge >= 0.3 is 0 Å². The Labute approximate surface area is 103 Å². The van der Waals surface area contributed by atoms with Crippen molar-refractivity contribution >= 4 is 5.69 Å². The summed E-state index contributed by atoms with van der Waals surface area (Å²) >= 11 is 0. The van der Waals surface area contributed by atoms with Crippen LogP contribution in [0, 0.1) is 0 Å².